The van der Waals surface area contributed by atoms with Crippen LogP contribution in [0, 0.1) is 0 Å². The van der Waals surface area contributed by atoms with Gasteiger partial charge >= 0.3 is 0 Å². The lowest BCUT2D eigenvalue weighted by molar-refractivity contribution is -0.137. The smallest absolute Gasteiger partial charge is 0.250 e. The van der Waals surface area contributed by atoms with Gasteiger partial charge in [-0.2, -0.15) is 0 Å². The first-order valence-electron chi connectivity index (χ1n) is 9.22. The van der Waals surface area contributed by atoms with Crippen LogP contribution in [0.3, 0.4) is 0 Å². The monoisotopic (exact) mass is 402 g/mol. The van der Waals surface area contributed by atoms with Crippen molar-refractivity contribution in [3.8, 4) is 0 Å². The molecule has 1 amide bonds. The standard InChI is InChI=1S/C19H22N4O4S/c24-18-6-2-4-8-22(18)12-19(25)23-10-9-21(11-15-5-1-3-7-20-15)16-13-28(26,27)14-17(16)23/h1-8,16-17H,9-14H2. The normalized spacial score (nSPS) is 24.1. The van der Waals surface area contributed by atoms with Gasteiger partial charge in [0, 0.05) is 44.1 Å². The number of hydrogen-bond donors (Lipinski definition) is 0. The Morgan fingerprint density at radius 3 is 2.61 bits per heavy atom. The second-order valence-electron chi connectivity index (χ2n) is 7.26. The van der Waals surface area contributed by atoms with Gasteiger partial charge in [0.15, 0.2) is 9.84 Å². The van der Waals surface area contributed by atoms with Crippen molar-refractivity contribution in [1.29, 1.82) is 0 Å². The highest BCUT2D eigenvalue weighted by molar-refractivity contribution is 7.91. The lowest BCUT2D eigenvalue weighted by Gasteiger charge is -2.43. The molecule has 2 unspecified atom stereocenters. The van der Waals surface area contributed by atoms with E-state index in [9.17, 15) is 18.0 Å². The van der Waals surface area contributed by atoms with Crippen molar-refractivity contribution < 1.29 is 13.2 Å². The van der Waals surface area contributed by atoms with Gasteiger partial charge in [-0.05, 0) is 18.2 Å². The molecule has 2 fully saturated rings. The Kier molecular flexibility index (Phi) is 5.03. The van der Waals surface area contributed by atoms with E-state index in [0.717, 1.165) is 5.69 Å². The molecule has 0 spiro atoms. The van der Waals surface area contributed by atoms with Crippen LogP contribution in [0.5, 0.6) is 0 Å². The van der Waals surface area contributed by atoms with E-state index in [0.29, 0.717) is 19.6 Å². The predicted molar refractivity (Wildman–Crippen MR) is 103 cm³/mol. The summed E-state index contributed by atoms with van der Waals surface area (Å²) in [6.07, 6.45) is 3.29. The topological polar surface area (TPSA) is 92.6 Å². The molecule has 0 bridgehead atoms. The van der Waals surface area contributed by atoms with Gasteiger partial charge in [0.05, 0.1) is 23.2 Å². The predicted octanol–water partition coefficient (Wildman–Crippen LogP) is -0.247. The maximum atomic E-state index is 12.9. The highest BCUT2D eigenvalue weighted by atomic mass is 32.2. The van der Waals surface area contributed by atoms with Crippen LogP contribution in [0.4, 0.5) is 0 Å². The van der Waals surface area contributed by atoms with Gasteiger partial charge in [0.2, 0.25) is 5.91 Å². The molecule has 4 rings (SSSR count). The van der Waals surface area contributed by atoms with Crippen LogP contribution in [-0.2, 0) is 27.7 Å². The van der Waals surface area contributed by atoms with Gasteiger partial charge in [0.25, 0.3) is 5.56 Å². The van der Waals surface area contributed by atoms with Gasteiger partial charge in [-0.25, -0.2) is 8.42 Å². The Labute approximate surface area is 163 Å². The number of rotatable bonds is 4. The number of carbonyl (C=O) groups excluding carboxylic acids is 1. The summed E-state index contributed by atoms with van der Waals surface area (Å²) in [5.41, 5.74) is 0.626. The summed E-state index contributed by atoms with van der Waals surface area (Å²) in [6, 6.07) is 9.74. The minimum atomic E-state index is -3.23. The van der Waals surface area contributed by atoms with Crippen LogP contribution < -0.4 is 5.56 Å². The van der Waals surface area contributed by atoms with Crippen LogP contribution in [0.25, 0.3) is 0 Å². The number of hydrogen-bond acceptors (Lipinski definition) is 6. The van der Waals surface area contributed by atoms with Crippen LogP contribution in [-0.4, -0.2) is 70.4 Å². The van der Waals surface area contributed by atoms with Crippen LogP contribution >= 0.6 is 0 Å². The number of aromatic nitrogens is 2. The lowest BCUT2D eigenvalue weighted by Crippen LogP contribution is -2.60. The van der Waals surface area contributed by atoms with Crippen molar-refractivity contribution in [3.63, 3.8) is 0 Å². The molecule has 2 aliphatic heterocycles. The maximum Gasteiger partial charge on any atom is 0.250 e. The van der Waals surface area contributed by atoms with Gasteiger partial charge in [-0.15, -0.1) is 0 Å². The van der Waals surface area contributed by atoms with Gasteiger partial charge in [0.1, 0.15) is 6.54 Å². The molecular formula is C19H22N4O4S. The summed E-state index contributed by atoms with van der Waals surface area (Å²) in [5, 5.41) is 0. The number of piperazine rings is 1. The summed E-state index contributed by atoms with van der Waals surface area (Å²) in [4.78, 5) is 32.9. The number of pyridine rings is 2. The zero-order chi connectivity index (χ0) is 19.7. The molecule has 0 aromatic carbocycles. The molecule has 9 heteroatoms. The quantitative estimate of drug-likeness (QED) is 0.701. The Morgan fingerprint density at radius 1 is 1.07 bits per heavy atom. The summed E-state index contributed by atoms with van der Waals surface area (Å²) < 4.78 is 26.0. The lowest BCUT2D eigenvalue weighted by atomic mass is 10.0. The van der Waals surface area contributed by atoms with Crippen molar-refractivity contribution in [3.05, 3.63) is 64.8 Å². The first-order valence-corrected chi connectivity index (χ1v) is 11.0. The average molecular weight is 402 g/mol. The molecule has 28 heavy (non-hydrogen) atoms. The van der Waals surface area contributed by atoms with E-state index in [1.165, 1.54) is 10.6 Å². The second-order valence-corrected chi connectivity index (χ2v) is 9.41. The Hall–Kier alpha value is -2.52. The largest absolute Gasteiger partial charge is 0.334 e. The van der Waals surface area contributed by atoms with Crippen molar-refractivity contribution in [1.82, 2.24) is 19.4 Å². The molecule has 2 aromatic heterocycles. The second kappa shape index (κ2) is 7.48. The van der Waals surface area contributed by atoms with Crippen LogP contribution in [0.1, 0.15) is 5.69 Å². The summed E-state index contributed by atoms with van der Waals surface area (Å²) in [7, 11) is -3.23. The number of fused-ring (bicyclic) bond motifs is 1. The first kappa shape index (κ1) is 18.8. The summed E-state index contributed by atoms with van der Waals surface area (Å²) >= 11 is 0. The number of nitrogens with zero attached hydrogens (tertiary/aromatic N) is 4. The third-order valence-electron chi connectivity index (χ3n) is 5.41. The number of amides is 1. The fourth-order valence-corrected chi connectivity index (χ4v) is 6.07. The Morgan fingerprint density at radius 2 is 1.86 bits per heavy atom. The highest BCUT2D eigenvalue weighted by Gasteiger charge is 2.47. The number of sulfone groups is 1. The van der Waals surface area contributed by atoms with E-state index in [1.807, 2.05) is 18.2 Å². The minimum Gasteiger partial charge on any atom is -0.334 e. The molecule has 4 heterocycles. The molecule has 2 saturated heterocycles. The van der Waals surface area contributed by atoms with Crippen molar-refractivity contribution in [2.75, 3.05) is 24.6 Å². The molecule has 0 N–H and O–H groups in total. The first-order chi connectivity index (χ1) is 13.4. The van der Waals surface area contributed by atoms with Gasteiger partial charge in [-0.1, -0.05) is 12.1 Å². The Bertz CT molecular complexity index is 1020. The van der Waals surface area contributed by atoms with E-state index >= 15 is 0 Å². The third kappa shape index (κ3) is 3.85. The molecule has 2 aromatic rings. The molecule has 148 valence electrons. The van der Waals surface area contributed by atoms with Gasteiger partial charge < -0.3 is 9.47 Å². The number of carbonyl (C=O) groups is 1. The van der Waals surface area contributed by atoms with E-state index in [-0.39, 0.29) is 35.6 Å². The van der Waals surface area contributed by atoms with Crippen molar-refractivity contribution >= 4 is 15.7 Å². The Balaban J connectivity index is 1.54. The van der Waals surface area contributed by atoms with Crippen molar-refractivity contribution in [2.24, 2.45) is 0 Å². The van der Waals surface area contributed by atoms with E-state index in [2.05, 4.69) is 9.88 Å². The third-order valence-corrected chi connectivity index (χ3v) is 7.11. The van der Waals surface area contributed by atoms with Crippen LogP contribution in [0.15, 0.2) is 53.6 Å². The van der Waals surface area contributed by atoms with Gasteiger partial charge in [-0.3, -0.25) is 19.5 Å². The SMILES string of the molecule is O=C(Cn1ccccc1=O)N1CCN(Cc2ccccn2)C2CS(=O)(=O)CC21. The fraction of sp³-hybridized carbons (Fsp3) is 0.421. The summed E-state index contributed by atoms with van der Waals surface area (Å²) in [5.74, 6) is -0.219. The molecule has 8 nitrogen and oxygen atoms in total. The summed E-state index contributed by atoms with van der Waals surface area (Å²) in [6.45, 7) is 1.48. The maximum absolute atomic E-state index is 12.9. The molecule has 0 radical (unpaired) electrons. The van der Waals surface area contributed by atoms with Crippen LogP contribution in [0.2, 0.25) is 0 Å². The molecular weight excluding hydrogens is 380 g/mol. The van der Waals surface area contributed by atoms with E-state index in [1.54, 1.807) is 29.4 Å². The zero-order valence-electron chi connectivity index (χ0n) is 15.3. The minimum absolute atomic E-state index is 0.0359. The van der Waals surface area contributed by atoms with E-state index in [4.69, 9.17) is 0 Å². The molecule has 2 atom stereocenters. The molecule has 0 aliphatic carbocycles. The molecule has 0 saturated carbocycles. The molecule has 2 aliphatic rings. The van der Waals surface area contributed by atoms with E-state index < -0.39 is 15.9 Å². The average Bonchev–Trinajstić information content (AvgIpc) is 3.00. The van der Waals surface area contributed by atoms with Crippen molar-refractivity contribution in [2.45, 2.75) is 25.2 Å². The highest BCUT2D eigenvalue weighted by Crippen LogP contribution is 2.28. The fourth-order valence-electron chi connectivity index (χ4n) is 4.06. The zero-order valence-corrected chi connectivity index (χ0v) is 16.2.